The Balaban J connectivity index is 1.40. The van der Waals surface area contributed by atoms with Crippen molar-refractivity contribution in [3.63, 3.8) is 0 Å². The summed E-state index contributed by atoms with van der Waals surface area (Å²) in [6.45, 7) is 4.72. The van der Waals surface area contributed by atoms with E-state index in [0.717, 1.165) is 11.1 Å². The molecule has 0 heteroatoms. The molecule has 0 fully saturated rings. The van der Waals surface area contributed by atoms with Gasteiger partial charge < -0.3 is 0 Å². The molecular weight excluding hydrogens is 565 g/mol. The molecule has 1 aliphatic carbocycles. The summed E-state index contributed by atoms with van der Waals surface area (Å²) < 4.78 is 0. The Hall–Kier alpha value is -5.90. The second kappa shape index (κ2) is 10.6. The van der Waals surface area contributed by atoms with Crippen LogP contribution in [0.2, 0.25) is 0 Å². The van der Waals surface area contributed by atoms with Gasteiger partial charge in [-0.1, -0.05) is 159 Å². The predicted molar refractivity (Wildman–Crippen MR) is 200 cm³/mol. The van der Waals surface area contributed by atoms with E-state index in [-0.39, 0.29) is 5.41 Å². The number of fused-ring (bicyclic) bond motifs is 6. The van der Waals surface area contributed by atoms with E-state index in [0.29, 0.717) is 0 Å². The molecule has 0 aliphatic heterocycles. The van der Waals surface area contributed by atoms with Gasteiger partial charge in [-0.3, -0.25) is 0 Å². The van der Waals surface area contributed by atoms with Crippen LogP contribution < -0.4 is 0 Å². The third-order valence-electron chi connectivity index (χ3n) is 10.1. The molecule has 8 aromatic rings. The summed E-state index contributed by atoms with van der Waals surface area (Å²) in [5.41, 5.74) is 12.4. The van der Waals surface area contributed by atoms with Gasteiger partial charge in [0.1, 0.15) is 0 Å². The van der Waals surface area contributed by atoms with E-state index in [1.54, 1.807) is 0 Å². The SMILES string of the molecule is CC1(C)c2ccccc2-c2c(-c3c4ccccc4c(C#Cc4ccccc4)c4ccc(-c5ccc6ccccc6c5)cc34)cccc21. The summed E-state index contributed by atoms with van der Waals surface area (Å²) in [6.07, 6.45) is 0. The zero-order valence-corrected chi connectivity index (χ0v) is 26.5. The molecule has 47 heavy (non-hydrogen) atoms. The maximum absolute atomic E-state index is 3.64. The van der Waals surface area contributed by atoms with Crippen molar-refractivity contribution < 1.29 is 0 Å². The summed E-state index contributed by atoms with van der Waals surface area (Å²) in [5.74, 6) is 7.13. The second-order valence-electron chi connectivity index (χ2n) is 13.1. The minimum Gasteiger partial charge on any atom is -0.0622 e. The van der Waals surface area contributed by atoms with Crippen LogP contribution >= 0.6 is 0 Å². The first kappa shape index (κ1) is 27.4. The third kappa shape index (κ3) is 4.32. The highest BCUT2D eigenvalue weighted by Gasteiger charge is 2.37. The topological polar surface area (TPSA) is 0 Å². The second-order valence-corrected chi connectivity index (χ2v) is 13.1. The van der Waals surface area contributed by atoms with Gasteiger partial charge in [0.15, 0.2) is 0 Å². The zero-order valence-electron chi connectivity index (χ0n) is 26.5. The van der Waals surface area contributed by atoms with E-state index in [1.165, 1.54) is 76.8 Å². The monoisotopic (exact) mass is 596 g/mol. The maximum atomic E-state index is 3.64. The fraction of sp³-hybridized carbons (Fsp3) is 0.0638. The van der Waals surface area contributed by atoms with Crippen LogP contribution in [0.4, 0.5) is 0 Å². The Kier molecular flexibility index (Phi) is 6.17. The summed E-state index contributed by atoms with van der Waals surface area (Å²) in [5, 5.41) is 7.31. The van der Waals surface area contributed by atoms with Crippen LogP contribution in [0.3, 0.4) is 0 Å². The molecule has 0 saturated heterocycles. The van der Waals surface area contributed by atoms with Crippen molar-refractivity contribution in [2.45, 2.75) is 19.3 Å². The van der Waals surface area contributed by atoms with Gasteiger partial charge in [0.25, 0.3) is 0 Å². The van der Waals surface area contributed by atoms with Crippen molar-refractivity contribution in [1.29, 1.82) is 0 Å². The predicted octanol–water partition coefficient (Wildman–Crippen LogP) is 12.2. The van der Waals surface area contributed by atoms with Crippen LogP contribution in [0.5, 0.6) is 0 Å². The number of hydrogen-bond acceptors (Lipinski definition) is 0. The van der Waals surface area contributed by atoms with E-state index >= 15 is 0 Å². The van der Waals surface area contributed by atoms with Gasteiger partial charge in [0.05, 0.1) is 0 Å². The van der Waals surface area contributed by atoms with Crippen LogP contribution in [0, 0.1) is 11.8 Å². The summed E-state index contributed by atoms with van der Waals surface area (Å²) >= 11 is 0. The molecule has 0 amide bonds. The van der Waals surface area contributed by atoms with Crippen molar-refractivity contribution in [2.24, 2.45) is 0 Å². The number of benzene rings is 8. The normalized spacial score (nSPS) is 12.9. The van der Waals surface area contributed by atoms with Gasteiger partial charge >= 0.3 is 0 Å². The fourth-order valence-corrected chi connectivity index (χ4v) is 7.77. The van der Waals surface area contributed by atoms with Crippen LogP contribution in [-0.2, 0) is 5.41 Å². The van der Waals surface area contributed by atoms with Gasteiger partial charge in [-0.25, -0.2) is 0 Å². The van der Waals surface area contributed by atoms with Gasteiger partial charge in [-0.15, -0.1) is 0 Å². The van der Waals surface area contributed by atoms with E-state index in [4.69, 9.17) is 0 Å². The van der Waals surface area contributed by atoms with E-state index in [9.17, 15) is 0 Å². The maximum Gasteiger partial charge on any atom is 0.0406 e. The lowest BCUT2D eigenvalue weighted by Gasteiger charge is -2.22. The minimum atomic E-state index is -0.0785. The van der Waals surface area contributed by atoms with Crippen molar-refractivity contribution in [1.82, 2.24) is 0 Å². The fourth-order valence-electron chi connectivity index (χ4n) is 7.77. The Morgan fingerprint density at radius 2 is 1.04 bits per heavy atom. The molecule has 0 heterocycles. The highest BCUT2D eigenvalue weighted by Crippen LogP contribution is 2.54. The highest BCUT2D eigenvalue weighted by molar-refractivity contribution is 6.19. The first-order chi connectivity index (χ1) is 23.1. The summed E-state index contributed by atoms with van der Waals surface area (Å²) in [6, 6.07) is 57.3. The molecule has 9 rings (SSSR count). The molecule has 0 radical (unpaired) electrons. The Labute approximate surface area is 276 Å². The lowest BCUT2D eigenvalue weighted by Crippen LogP contribution is -2.14. The molecule has 0 bridgehead atoms. The van der Waals surface area contributed by atoms with Gasteiger partial charge in [0.2, 0.25) is 0 Å². The Bertz CT molecular complexity index is 2590. The molecule has 0 unspecified atom stereocenters. The largest absolute Gasteiger partial charge is 0.0622 e. The van der Waals surface area contributed by atoms with Crippen LogP contribution in [0.1, 0.15) is 36.1 Å². The molecule has 0 N–H and O–H groups in total. The Morgan fingerprint density at radius 3 is 1.91 bits per heavy atom. The number of rotatable bonds is 2. The summed E-state index contributed by atoms with van der Waals surface area (Å²) in [7, 11) is 0. The van der Waals surface area contributed by atoms with Crippen LogP contribution in [0.25, 0.3) is 65.7 Å². The van der Waals surface area contributed by atoms with E-state index < -0.39 is 0 Å². The minimum absolute atomic E-state index is 0.0785. The van der Waals surface area contributed by atoms with E-state index in [2.05, 4.69) is 177 Å². The first-order valence-electron chi connectivity index (χ1n) is 16.4. The number of hydrogen-bond donors (Lipinski definition) is 0. The van der Waals surface area contributed by atoms with Crippen LogP contribution in [0.15, 0.2) is 158 Å². The Morgan fingerprint density at radius 1 is 0.404 bits per heavy atom. The quantitative estimate of drug-likeness (QED) is 0.138. The molecule has 220 valence electrons. The molecular formula is C47H32. The smallest absolute Gasteiger partial charge is 0.0406 e. The van der Waals surface area contributed by atoms with Crippen molar-refractivity contribution in [2.75, 3.05) is 0 Å². The molecule has 0 atom stereocenters. The van der Waals surface area contributed by atoms with E-state index in [1.807, 2.05) is 6.07 Å². The zero-order chi connectivity index (χ0) is 31.5. The molecule has 0 aromatic heterocycles. The van der Waals surface area contributed by atoms with Crippen molar-refractivity contribution >= 4 is 32.3 Å². The van der Waals surface area contributed by atoms with Gasteiger partial charge in [0, 0.05) is 16.5 Å². The lowest BCUT2D eigenvalue weighted by atomic mass is 9.81. The summed E-state index contributed by atoms with van der Waals surface area (Å²) in [4.78, 5) is 0. The standard InChI is InChI=1S/C47H32/c1-47(2)43-21-11-10-19-40(43)46-41(20-12-22-44(46)47)45-39-18-9-8-17-36(39)37(27-23-31-13-4-3-5-14-31)38-28-26-35(30-42(38)45)34-25-24-32-15-6-7-16-33(32)29-34/h3-22,24-26,28-30H,1-2H3. The average molecular weight is 597 g/mol. The average Bonchev–Trinajstić information content (AvgIpc) is 3.36. The molecule has 0 nitrogen and oxygen atoms in total. The lowest BCUT2D eigenvalue weighted by molar-refractivity contribution is 0.660. The van der Waals surface area contributed by atoms with Gasteiger partial charge in [-0.05, 0) is 101 Å². The molecule has 0 saturated carbocycles. The first-order valence-corrected chi connectivity index (χ1v) is 16.4. The highest BCUT2D eigenvalue weighted by atomic mass is 14.4. The molecule has 1 aliphatic rings. The van der Waals surface area contributed by atoms with Gasteiger partial charge in [-0.2, -0.15) is 0 Å². The third-order valence-corrected chi connectivity index (χ3v) is 10.1. The molecule has 8 aromatic carbocycles. The van der Waals surface area contributed by atoms with Crippen molar-refractivity contribution in [3.8, 4) is 45.2 Å². The molecule has 0 spiro atoms. The van der Waals surface area contributed by atoms with Crippen molar-refractivity contribution in [3.05, 3.63) is 180 Å². The van der Waals surface area contributed by atoms with Crippen LogP contribution in [-0.4, -0.2) is 0 Å².